The van der Waals surface area contributed by atoms with Gasteiger partial charge in [-0.25, -0.2) is 0 Å². The fourth-order valence-corrected chi connectivity index (χ4v) is 2.23. The van der Waals surface area contributed by atoms with Gasteiger partial charge in [0.15, 0.2) is 6.61 Å². The quantitative estimate of drug-likeness (QED) is 0.681. The number of halogens is 2. The number of benzene rings is 1. The average Bonchev–Trinajstić information content (AvgIpc) is 2.38. The molecule has 0 unspecified atom stereocenters. The molecule has 0 aliphatic rings. The monoisotopic (exact) mass is 320 g/mol. The maximum atomic E-state index is 10.8. The molecule has 0 heterocycles. The summed E-state index contributed by atoms with van der Waals surface area (Å²) in [5.74, 6) is -0.216. The summed E-state index contributed by atoms with van der Waals surface area (Å²) in [7, 11) is 0. The lowest BCUT2D eigenvalue weighted by Crippen LogP contribution is -2.31. The van der Waals surface area contributed by atoms with Gasteiger partial charge >= 0.3 is 0 Å². The highest BCUT2D eigenvalue weighted by Gasteiger charge is 2.13. The van der Waals surface area contributed by atoms with Crippen LogP contribution in [0.3, 0.4) is 0 Å². The standard InChI is InChI=1S/C13H18Cl2N2O3/c1-2-10(6-18)17-5-8-3-9(14)4-11(15)13(8)20-7-12(16)19/h3-4,10,17-18H,2,5-7H2,1H3,(H2,16,19)/t10-/m0/s1. The van der Waals surface area contributed by atoms with E-state index in [-0.39, 0.29) is 19.3 Å². The van der Waals surface area contributed by atoms with Gasteiger partial charge in [0.05, 0.1) is 11.6 Å². The number of aliphatic hydroxyl groups excluding tert-OH is 1. The van der Waals surface area contributed by atoms with Crippen LogP contribution in [-0.4, -0.2) is 30.3 Å². The molecule has 7 heteroatoms. The Labute approximate surface area is 128 Å². The molecule has 4 N–H and O–H groups in total. The second-order valence-corrected chi connectivity index (χ2v) is 5.14. The molecule has 0 saturated heterocycles. The Morgan fingerprint density at radius 2 is 2.20 bits per heavy atom. The zero-order valence-corrected chi connectivity index (χ0v) is 12.7. The van der Waals surface area contributed by atoms with Gasteiger partial charge in [0.1, 0.15) is 5.75 Å². The molecule has 0 aliphatic heterocycles. The zero-order chi connectivity index (χ0) is 15.1. The molecule has 0 saturated carbocycles. The summed E-state index contributed by atoms with van der Waals surface area (Å²) >= 11 is 12.0. The van der Waals surface area contributed by atoms with Crippen molar-refractivity contribution in [2.24, 2.45) is 5.73 Å². The molecule has 112 valence electrons. The summed E-state index contributed by atoms with van der Waals surface area (Å²) in [5.41, 5.74) is 5.76. The van der Waals surface area contributed by atoms with E-state index in [1.165, 1.54) is 6.07 Å². The van der Waals surface area contributed by atoms with Crippen molar-refractivity contribution in [3.05, 3.63) is 27.7 Å². The third-order valence-electron chi connectivity index (χ3n) is 2.74. The smallest absolute Gasteiger partial charge is 0.255 e. The number of hydrogen-bond donors (Lipinski definition) is 3. The second kappa shape index (κ2) is 8.32. The number of carbonyl (C=O) groups is 1. The normalized spacial score (nSPS) is 12.2. The van der Waals surface area contributed by atoms with Gasteiger partial charge in [0.2, 0.25) is 0 Å². The molecular formula is C13H18Cl2N2O3. The maximum Gasteiger partial charge on any atom is 0.255 e. The number of hydrogen-bond acceptors (Lipinski definition) is 4. The molecule has 1 aromatic carbocycles. The number of primary amides is 1. The van der Waals surface area contributed by atoms with Crippen LogP contribution in [0, 0.1) is 0 Å². The van der Waals surface area contributed by atoms with E-state index >= 15 is 0 Å². The number of ether oxygens (including phenoxy) is 1. The summed E-state index contributed by atoms with van der Waals surface area (Å²) in [5, 5.41) is 13.1. The lowest BCUT2D eigenvalue weighted by Gasteiger charge is -2.17. The Hall–Kier alpha value is -1.01. The molecule has 1 atom stereocenters. The predicted molar refractivity (Wildman–Crippen MR) is 79.2 cm³/mol. The van der Waals surface area contributed by atoms with Gasteiger partial charge < -0.3 is 20.9 Å². The third kappa shape index (κ3) is 5.17. The van der Waals surface area contributed by atoms with Crippen LogP contribution < -0.4 is 15.8 Å². The minimum atomic E-state index is -0.586. The molecular weight excluding hydrogens is 303 g/mol. The largest absolute Gasteiger partial charge is 0.482 e. The molecule has 0 fully saturated rings. The Kier molecular flexibility index (Phi) is 7.09. The first-order chi connectivity index (χ1) is 9.47. The minimum absolute atomic E-state index is 0.0300. The Bertz CT molecular complexity index is 465. The Morgan fingerprint density at radius 3 is 2.75 bits per heavy atom. The van der Waals surface area contributed by atoms with Gasteiger partial charge in [-0.2, -0.15) is 0 Å². The summed E-state index contributed by atoms with van der Waals surface area (Å²) in [6.07, 6.45) is 0.780. The number of nitrogens with one attached hydrogen (secondary N) is 1. The van der Waals surface area contributed by atoms with Gasteiger partial charge in [0.25, 0.3) is 5.91 Å². The molecule has 0 bridgehead atoms. The fourth-order valence-electron chi connectivity index (χ4n) is 1.64. The predicted octanol–water partition coefficient (Wildman–Crippen LogP) is 1.72. The summed E-state index contributed by atoms with van der Waals surface area (Å²) < 4.78 is 5.32. The number of carbonyl (C=O) groups excluding carboxylic acids is 1. The molecule has 0 radical (unpaired) electrons. The van der Waals surface area contributed by atoms with Crippen molar-refractivity contribution in [3.63, 3.8) is 0 Å². The van der Waals surface area contributed by atoms with Gasteiger partial charge in [-0.1, -0.05) is 30.1 Å². The Morgan fingerprint density at radius 1 is 1.50 bits per heavy atom. The molecule has 1 amide bonds. The highest BCUT2D eigenvalue weighted by atomic mass is 35.5. The molecule has 1 rings (SSSR count). The number of amides is 1. The molecule has 5 nitrogen and oxygen atoms in total. The van der Waals surface area contributed by atoms with Crippen molar-refractivity contribution in [2.45, 2.75) is 25.9 Å². The first-order valence-corrected chi connectivity index (χ1v) is 6.96. The van der Waals surface area contributed by atoms with Gasteiger partial charge in [0, 0.05) is 23.2 Å². The van der Waals surface area contributed by atoms with Gasteiger partial charge in [-0.15, -0.1) is 0 Å². The van der Waals surface area contributed by atoms with Gasteiger partial charge in [-0.3, -0.25) is 4.79 Å². The average molecular weight is 321 g/mol. The van der Waals surface area contributed by atoms with Crippen LogP contribution in [0.25, 0.3) is 0 Å². The first kappa shape index (κ1) is 17.0. The van der Waals surface area contributed by atoms with E-state index in [2.05, 4.69) is 5.32 Å². The van der Waals surface area contributed by atoms with E-state index in [0.717, 1.165) is 6.42 Å². The van der Waals surface area contributed by atoms with Crippen molar-refractivity contribution >= 4 is 29.1 Å². The fraction of sp³-hybridized carbons (Fsp3) is 0.462. The van der Waals surface area contributed by atoms with Crippen LogP contribution in [-0.2, 0) is 11.3 Å². The molecule has 0 spiro atoms. The van der Waals surface area contributed by atoms with E-state index in [1.807, 2.05) is 6.92 Å². The molecule has 0 aromatic heterocycles. The van der Waals surface area contributed by atoms with Crippen molar-refractivity contribution in [1.29, 1.82) is 0 Å². The number of aliphatic hydroxyl groups is 1. The lowest BCUT2D eigenvalue weighted by molar-refractivity contribution is -0.119. The molecule has 0 aliphatic carbocycles. The van der Waals surface area contributed by atoms with Crippen LogP contribution in [0.2, 0.25) is 10.0 Å². The topological polar surface area (TPSA) is 84.6 Å². The van der Waals surface area contributed by atoms with Crippen LogP contribution in [0.4, 0.5) is 0 Å². The summed E-state index contributed by atoms with van der Waals surface area (Å²) in [6.45, 7) is 2.14. The van der Waals surface area contributed by atoms with E-state index in [0.29, 0.717) is 27.9 Å². The number of nitrogens with two attached hydrogens (primary N) is 1. The van der Waals surface area contributed by atoms with Crippen molar-refractivity contribution in [1.82, 2.24) is 5.32 Å². The van der Waals surface area contributed by atoms with E-state index in [4.69, 9.17) is 38.8 Å². The van der Waals surface area contributed by atoms with Gasteiger partial charge in [-0.05, 0) is 18.6 Å². The van der Waals surface area contributed by atoms with Crippen molar-refractivity contribution < 1.29 is 14.6 Å². The van der Waals surface area contributed by atoms with E-state index in [9.17, 15) is 4.79 Å². The lowest BCUT2D eigenvalue weighted by atomic mass is 10.1. The molecule has 20 heavy (non-hydrogen) atoms. The zero-order valence-electron chi connectivity index (χ0n) is 11.2. The van der Waals surface area contributed by atoms with Crippen LogP contribution in [0.5, 0.6) is 5.75 Å². The summed E-state index contributed by atoms with van der Waals surface area (Å²) in [6, 6.07) is 3.20. The maximum absolute atomic E-state index is 10.8. The summed E-state index contributed by atoms with van der Waals surface area (Å²) in [4.78, 5) is 10.8. The van der Waals surface area contributed by atoms with Crippen molar-refractivity contribution in [3.8, 4) is 5.75 Å². The second-order valence-electron chi connectivity index (χ2n) is 4.30. The number of rotatable bonds is 8. The molecule has 1 aromatic rings. The Balaban J connectivity index is 2.88. The van der Waals surface area contributed by atoms with E-state index in [1.54, 1.807) is 6.07 Å². The highest BCUT2D eigenvalue weighted by Crippen LogP contribution is 2.32. The SMILES string of the molecule is CC[C@@H](CO)NCc1cc(Cl)cc(Cl)c1OCC(N)=O. The van der Waals surface area contributed by atoms with Crippen LogP contribution >= 0.6 is 23.2 Å². The minimum Gasteiger partial charge on any atom is -0.482 e. The highest BCUT2D eigenvalue weighted by molar-refractivity contribution is 6.35. The van der Waals surface area contributed by atoms with Crippen molar-refractivity contribution in [2.75, 3.05) is 13.2 Å². The third-order valence-corrected chi connectivity index (χ3v) is 3.24. The van der Waals surface area contributed by atoms with Crippen LogP contribution in [0.1, 0.15) is 18.9 Å². The van der Waals surface area contributed by atoms with E-state index < -0.39 is 5.91 Å². The first-order valence-electron chi connectivity index (χ1n) is 6.21. The van der Waals surface area contributed by atoms with Crippen LogP contribution in [0.15, 0.2) is 12.1 Å².